The molecule has 2 N–H and O–H groups in total. The molecule has 0 amide bonds. The van der Waals surface area contributed by atoms with Crippen LogP contribution in [0.1, 0.15) is 31.5 Å². The van der Waals surface area contributed by atoms with Gasteiger partial charge in [-0.25, -0.2) is 18.7 Å². The summed E-state index contributed by atoms with van der Waals surface area (Å²) in [6.07, 6.45) is -0.378. The fourth-order valence-electron chi connectivity index (χ4n) is 2.00. The Balaban J connectivity index is 2.25. The van der Waals surface area contributed by atoms with Crippen molar-refractivity contribution in [3.63, 3.8) is 0 Å². The lowest BCUT2D eigenvalue weighted by molar-refractivity contribution is 0.152. The molecule has 1 aliphatic rings. The van der Waals surface area contributed by atoms with Gasteiger partial charge in [-0.2, -0.15) is 0 Å². The molecule has 0 atom stereocenters. The van der Waals surface area contributed by atoms with E-state index in [1.807, 2.05) is 6.92 Å². The molecule has 0 radical (unpaired) electrons. The van der Waals surface area contributed by atoms with Crippen LogP contribution in [-0.4, -0.2) is 47.7 Å². The number of aromatic nitrogens is 2. The number of hydrogen-bond donors (Lipinski definition) is 2. The number of halogens is 2. The van der Waals surface area contributed by atoms with Gasteiger partial charge >= 0.3 is 0 Å². The van der Waals surface area contributed by atoms with Gasteiger partial charge in [0.1, 0.15) is 17.5 Å². The Kier molecular flexibility index (Phi) is 5.05. The second kappa shape index (κ2) is 6.78. The maximum absolute atomic E-state index is 12.6. The molecule has 1 fully saturated rings. The van der Waals surface area contributed by atoms with Gasteiger partial charge < -0.3 is 15.3 Å². The second-order valence-corrected chi connectivity index (χ2v) is 4.83. The van der Waals surface area contributed by atoms with E-state index in [1.165, 1.54) is 4.90 Å². The van der Waals surface area contributed by atoms with Gasteiger partial charge in [0.25, 0.3) is 6.43 Å². The minimum absolute atomic E-state index is 0.136. The molecule has 2 rings (SSSR count). The molecule has 1 aromatic heterocycles. The number of alkyl halides is 2. The van der Waals surface area contributed by atoms with Crippen molar-refractivity contribution in [2.75, 3.05) is 36.5 Å². The lowest BCUT2D eigenvalue weighted by Crippen LogP contribution is -2.32. The average molecular weight is 286 g/mol. The molecular weight excluding hydrogens is 266 g/mol. The van der Waals surface area contributed by atoms with Crippen molar-refractivity contribution in [2.24, 2.45) is 0 Å². The van der Waals surface area contributed by atoms with Crippen LogP contribution in [0, 0.1) is 0 Å². The third kappa shape index (κ3) is 4.00. The third-order valence-corrected chi connectivity index (χ3v) is 3.08. The van der Waals surface area contributed by atoms with Crippen molar-refractivity contribution < 1.29 is 13.9 Å². The fraction of sp³-hybridized carbons (Fsp3) is 0.692. The normalized spacial score (nSPS) is 14.7. The molecule has 0 bridgehead atoms. The lowest BCUT2D eigenvalue weighted by Gasteiger charge is -2.23. The molecule has 1 saturated carbocycles. The van der Waals surface area contributed by atoms with E-state index in [1.54, 1.807) is 6.07 Å². The third-order valence-electron chi connectivity index (χ3n) is 3.08. The average Bonchev–Trinajstić information content (AvgIpc) is 3.22. The van der Waals surface area contributed by atoms with Gasteiger partial charge in [0, 0.05) is 25.1 Å². The van der Waals surface area contributed by atoms with Crippen LogP contribution in [0.2, 0.25) is 0 Å². The summed E-state index contributed by atoms with van der Waals surface area (Å²) >= 11 is 0. The summed E-state index contributed by atoms with van der Waals surface area (Å²) < 4.78 is 25.3. The van der Waals surface area contributed by atoms with Crippen LogP contribution in [0.5, 0.6) is 0 Å². The first-order valence-corrected chi connectivity index (χ1v) is 6.90. The number of nitrogens with zero attached hydrogens (tertiary/aromatic N) is 3. The first kappa shape index (κ1) is 14.9. The Hall–Kier alpha value is -1.50. The van der Waals surface area contributed by atoms with Crippen LogP contribution in [0.4, 0.5) is 20.4 Å². The van der Waals surface area contributed by atoms with Crippen LogP contribution < -0.4 is 10.2 Å². The molecule has 5 nitrogen and oxygen atoms in total. The molecule has 0 aliphatic heterocycles. The topological polar surface area (TPSA) is 61.3 Å². The van der Waals surface area contributed by atoms with Crippen molar-refractivity contribution in [3.8, 4) is 0 Å². The largest absolute Gasteiger partial charge is 0.395 e. The molecule has 7 heteroatoms. The standard InChI is InChI=1S/C13H20F2N4O/c1-2-16-11-7-12(18-13(17-11)9-3-4-9)19(5-6-20)8-10(14)15/h7,9-10,20H,2-6,8H2,1H3,(H,16,17,18). The van der Waals surface area contributed by atoms with Crippen molar-refractivity contribution in [2.45, 2.75) is 32.1 Å². The van der Waals surface area contributed by atoms with E-state index in [9.17, 15) is 8.78 Å². The van der Waals surface area contributed by atoms with Crippen LogP contribution >= 0.6 is 0 Å². The molecule has 1 heterocycles. The Morgan fingerprint density at radius 2 is 2.20 bits per heavy atom. The predicted octanol–water partition coefficient (Wildman–Crippen LogP) is 1.85. The van der Waals surface area contributed by atoms with Gasteiger partial charge in [0.2, 0.25) is 0 Å². The lowest BCUT2D eigenvalue weighted by atomic mass is 10.3. The Labute approximate surface area is 117 Å². The Bertz CT molecular complexity index is 440. The molecule has 20 heavy (non-hydrogen) atoms. The van der Waals surface area contributed by atoms with E-state index in [-0.39, 0.29) is 13.2 Å². The highest BCUT2D eigenvalue weighted by molar-refractivity contribution is 5.50. The zero-order chi connectivity index (χ0) is 14.5. The molecule has 1 aromatic rings. The Morgan fingerprint density at radius 1 is 1.45 bits per heavy atom. The van der Waals surface area contributed by atoms with E-state index in [2.05, 4.69) is 15.3 Å². The molecule has 112 valence electrons. The number of rotatable bonds is 8. The van der Waals surface area contributed by atoms with Crippen LogP contribution in [0.25, 0.3) is 0 Å². The minimum atomic E-state index is -2.47. The summed E-state index contributed by atoms with van der Waals surface area (Å²) in [7, 11) is 0. The highest BCUT2D eigenvalue weighted by Gasteiger charge is 2.28. The first-order valence-electron chi connectivity index (χ1n) is 6.90. The van der Waals surface area contributed by atoms with E-state index in [4.69, 9.17) is 5.11 Å². The SMILES string of the molecule is CCNc1cc(N(CCO)CC(F)F)nc(C2CC2)n1. The zero-order valence-electron chi connectivity index (χ0n) is 11.5. The van der Waals surface area contributed by atoms with Crippen molar-refractivity contribution in [1.29, 1.82) is 0 Å². The van der Waals surface area contributed by atoms with E-state index in [0.29, 0.717) is 29.9 Å². The molecule has 0 aromatic carbocycles. The number of hydrogen-bond acceptors (Lipinski definition) is 5. The second-order valence-electron chi connectivity index (χ2n) is 4.83. The van der Waals surface area contributed by atoms with Crippen molar-refractivity contribution >= 4 is 11.6 Å². The number of anilines is 2. The van der Waals surface area contributed by atoms with E-state index >= 15 is 0 Å². The maximum atomic E-state index is 12.6. The predicted molar refractivity (Wildman–Crippen MR) is 73.5 cm³/mol. The first-order chi connectivity index (χ1) is 9.63. The van der Waals surface area contributed by atoms with Crippen molar-refractivity contribution in [3.05, 3.63) is 11.9 Å². The summed E-state index contributed by atoms with van der Waals surface area (Å²) in [5.41, 5.74) is 0. The summed E-state index contributed by atoms with van der Waals surface area (Å²) in [4.78, 5) is 10.2. The van der Waals surface area contributed by atoms with Crippen LogP contribution in [-0.2, 0) is 0 Å². The van der Waals surface area contributed by atoms with Crippen molar-refractivity contribution in [1.82, 2.24) is 9.97 Å². The van der Waals surface area contributed by atoms with Gasteiger partial charge in [-0.15, -0.1) is 0 Å². The van der Waals surface area contributed by atoms with E-state index in [0.717, 1.165) is 12.8 Å². The van der Waals surface area contributed by atoms with Gasteiger partial charge in [-0.1, -0.05) is 0 Å². The van der Waals surface area contributed by atoms with Crippen LogP contribution in [0.3, 0.4) is 0 Å². The maximum Gasteiger partial charge on any atom is 0.255 e. The number of aliphatic hydroxyl groups excluding tert-OH is 1. The summed E-state index contributed by atoms with van der Waals surface area (Å²) in [6.45, 7) is 2.16. The van der Waals surface area contributed by atoms with Crippen LogP contribution in [0.15, 0.2) is 6.07 Å². The van der Waals surface area contributed by atoms with Gasteiger partial charge in [-0.3, -0.25) is 0 Å². The highest BCUT2D eigenvalue weighted by atomic mass is 19.3. The van der Waals surface area contributed by atoms with Gasteiger partial charge in [-0.05, 0) is 19.8 Å². The number of aliphatic hydroxyl groups is 1. The molecular formula is C13H20F2N4O. The quantitative estimate of drug-likeness (QED) is 0.763. The summed E-state index contributed by atoms with van der Waals surface area (Å²) in [5, 5.41) is 12.1. The molecule has 1 aliphatic carbocycles. The zero-order valence-corrected chi connectivity index (χ0v) is 11.5. The minimum Gasteiger partial charge on any atom is -0.395 e. The van der Waals surface area contributed by atoms with Gasteiger partial charge in [0.15, 0.2) is 0 Å². The molecule has 0 saturated heterocycles. The number of nitrogens with one attached hydrogen (secondary N) is 1. The highest BCUT2D eigenvalue weighted by Crippen LogP contribution is 2.39. The summed E-state index contributed by atoms with van der Waals surface area (Å²) in [6, 6.07) is 1.66. The summed E-state index contributed by atoms with van der Waals surface area (Å²) in [5.74, 6) is 2.15. The smallest absolute Gasteiger partial charge is 0.255 e. The monoisotopic (exact) mass is 286 g/mol. The molecule has 0 spiro atoms. The molecule has 0 unspecified atom stereocenters. The fourth-order valence-corrected chi connectivity index (χ4v) is 2.00. The Morgan fingerprint density at radius 3 is 2.75 bits per heavy atom. The van der Waals surface area contributed by atoms with E-state index < -0.39 is 13.0 Å². The van der Waals surface area contributed by atoms with Gasteiger partial charge in [0.05, 0.1) is 13.2 Å².